The van der Waals surface area contributed by atoms with Gasteiger partial charge in [-0.15, -0.1) is 0 Å². The largest absolute Gasteiger partial charge is 0.465 e. The molecule has 0 saturated carbocycles. The van der Waals surface area contributed by atoms with Crippen molar-refractivity contribution >= 4 is 28.9 Å². The summed E-state index contributed by atoms with van der Waals surface area (Å²) in [5.74, 6) is -0.0748. The number of aromatic nitrogens is 1. The summed E-state index contributed by atoms with van der Waals surface area (Å²) in [4.78, 5) is 27.7. The minimum Gasteiger partial charge on any atom is -0.465 e. The Balaban J connectivity index is 1.63. The van der Waals surface area contributed by atoms with E-state index >= 15 is 0 Å². The van der Waals surface area contributed by atoms with Crippen LogP contribution in [0.15, 0.2) is 60.1 Å². The number of hydrogen-bond donors (Lipinski definition) is 1. The summed E-state index contributed by atoms with van der Waals surface area (Å²) in [6, 6.07) is 13.2. The molecule has 0 aliphatic carbocycles. The van der Waals surface area contributed by atoms with E-state index in [0.717, 1.165) is 0 Å². The standard InChI is InChI=1S/C18H14N2O4S/c1-23-17(22)13-2-6-14(7-3-13)20-16(21)12-4-8-15(9-5-12)24-18-19-10-11-25-18/h2-11H,1H3,(H,20,21). The summed E-state index contributed by atoms with van der Waals surface area (Å²) in [7, 11) is 1.32. The van der Waals surface area contributed by atoms with Gasteiger partial charge in [0.05, 0.1) is 12.7 Å². The third-order valence-corrected chi connectivity index (χ3v) is 3.94. The highest BCUT2D eigenvalue weighted by Gasteiger charge is 2.09. The van der Waals surface area contributed by atoms with Gasteiger partial charge in [-0.1, -0.05) is 11.3 Å². The molecular formula is C18H14N2O4S. The summed E-state index contributed by atoms with van der Waals surface area (Å²) in [6.07, 6.45) is 1.66. The van der Waals surface area contributed by atoms with Gasteiger partial charge in [0.1, 0.15) is 5.75 Å². The molecule has 3 aromatic rings. The molecule has 0 bridgehead atoms. The van der Waals surface area contributed by atoms with Crippen LogP contribution in [-0.2, 0) is 4.74 Å². The summed E-state index contributed by atoms with van der Waals surface area (Å²) >= 11 is 1.39. The fraction of sp³-hybridized carbons (Fsp3) is 0.0556. The maximum absolute atomic E-state index is 12.3. The first kappa shape index (κ1) is 16.7. The fourth-order valence-corrected chi connectivity index (χ4v) is 2.55. The van der Waals surface area contributed by atoms with Gasteiger partial charge in [0.25, 0.3) is 11.1 Å². The van der Waals surface area contributed by atoms with E-state index in [4.69, 9.17) is 4.74 Å². The van der Waals surface area contributed by atoms with Crippen LogP contribution in [0.1, 0.15) is 20.7 Å². The lowest BCUT2D eigenvalue weighted by molar-refractivity contribution is 0.0600. The second-order valence-electron chi connectivity index (χ2n) is 4.95. The van der Waals surface area contributed by atoms with E-state index in [9.17, 15) is 9.59 Å². The molecule has 126 valence electrons. The smallest absolute Gasteiger partial charge is 0.337 e. The van der Waals surface area contributed by atoms with Crippen molar-refractivity contribution in [3.8, 4) is 10.9 Å². The zero-order valence-electron chi connectivity index (χ0n) is 13.3. The molecule has 0 radical (unpaired) electrons. The molecule has 0 unspecified atom stereocenters. The first-order valence-electron chi connectivity index (χ1n) is 7.33. The number of anilines is 1. The molecule has 3 rings (SSSR count). The Kier molecular flexibility index (Phi) is 5.06. The van der Waals surface area contributed by atoms with Crippen molar-refractivity contribution in [3.63, 3.8) is 0 Å². The molecule has 1 amide bonds. The quantitative estimate of drug-likeness (QED) is 0.702. The Morgan fingerprint density at radius 1 is 1.00 bits per heavy atom. The van der Waals surface area contributed by atoms with Crippen molar-refractivity contribution in [1.29, 1.82) is 0 Å². The number of amides is 1. The molecule has 6 nitrogen and oxygen atoms in total. The SMILES string of the molecule is COC(=O)c1ccc(NC(=O)c2ccc(Oc3nccs3)cc2)cc1. The maximum Gasteiger partial charge on any atom is 0.337 e. The molecule has 1 heterocycles. The van der Waals surface area contributed by atoms with E-state index in [2.05, 4.69) is 15.0 Å². The molecule has 0 atom stereocenters. The molecule has 0 fully saturated rings. The van der Waals surface area contributed by atoms with Gasteiger partial charge < -0.3 is 14.8 Å². The minimum atomic E-state index is -0.423. The summed E-state index contributed by atoms with van der Waals surface area (Å²) in [6.45, 7) is 0. The van der Waals surface area contributed by atoms with E-state index in [0.29, 0.717) is 27.8 Å². The lowest BCUT2D eigenvalue weighted by Crippen LogP contribution is -2.12. The number of thiazole rings is 1. The van der Waals surface area contributed by atoms with Crippen molar-refractivity contribution in [2.75, 3.05) is 12.4 Å². The summed E-state index contributed by atoms with van der Waals surface area (Å²) < 4.78 is 10.2. The second-order valence-corrected chi connectivity index (χ2v) is 5.80. The van der Waals surface area contributed by atoms with Crippen LogP contribution in [0.3, 0.4) is 0 Å². The molecular weight excluding hydrogens is 340 g/mol. The van der Waals surface area contributed by atoms with Crippen LogP contribution < -0.4 is 10.1 Å². The molecule has 25 heavy (non-hydrogen) atoms. The maximum atomic E-state index is 12.3. The van der Waals surface area contributed by atoms with Gasteiger partial charge in [-0.2, -0.15) is 0 Å². The number of benzene rings is 2. The van der Waals surface area contributed by atoms with Gasteiger partial charge >= 0.3 is 5.97 Å². The van der Waals surface area contributed by atoms with Crippen LogP contribution in [0.4, 0.5) is 5.69 Å². The molecule has 0 aliphatic rings. The summed E-state index contributed by atoms with van der Waals surface area (Å²) in [5, 5.41) is 5.13. The van der Waals surface area contributed by atoms with Crippen LogP contribution in [0.2, 0.25) is 0 Å². The third-order valence-electron chi connectivity index (χ3n) is 3.30. The number of esters is 1. The van der Waals surface area contributed by atoms with Crippen molar-refractivity contribution in [1.82, 2.24) is 4.98 Å². The average Bonchev–Trinajstić information content (AvgIpc) is 3.15. The van der Waals surface area contributed by atoms with Crippen molar-refractivity contribution in [2.45, 2.75) is 0 Å². The van der Waals surface area contributed by atoms with Crippen LogP contribution in [0.25, 0.3) is 0 Å². The highest BCUT2D eigenvalue weighted by Crippen LogP contribution is 2.23. The first-order valence-corrected chi connectivity index (χ1v) is 8.21. The van der Waals surface area contributed by atoms with E-state index < -0.39 is 5.97 Å². The lowest BCUT2D eigenvalue weighted by atomic mass is 10.2. The van der Waals surface area contributed by atoms with Gasteiger partial charge in [-0.3, -0.25) is 4.79 Å². The molecule has 0 aliphatic heterocycles. The van der Waals surface area contributed by atoms with Crippen LogP contribution in [0.5, 0.6) is 10.9 Å². The molecule has 2 aromatic carbocycles. The number of methoxy groups -OCH3 is 1. The minimum absolute atomic E-state index is 0.258. The second kappa shape index (κ2) is 7.59. The number of hydrogen-bond acceptors (Lipinski definition) is 6. The first-order chi connectivity index (χ1) is 12.2. The van der Waals surface area contributed by atoms with E-state index in [1.54, 1.807) is 54.7 Å². The van der Waals surface area contributed by atoms with E-state index in [1.807, 2.05) is 5.38 Å². The van der Waals surface area contributed by atoms with Gasteiger partial charge in [-0.05, 0) is 48.5 Å². The lowest BCUT2D eigenvalue weighted by Gasteiger charge is -2.07. The molecule has 1 aromatic heterocycles. The fourth-order valence-electron chi connectivity index (χ4n) is 2.05. The van der Waals surface area contributed by atoms with Crippen LogP contribution in [-0.4, -0.2) is 24.0 Å². The van der Waals surface area contributed by atoms with Gasteiger partial charge in [0.2, 0.25) is 0 Å². The zero-order valence-corrected chi connectivity index (χ0v) is 14.1. The molecule has 0 spiro atoms. The number of rotatable bonds is 5. The predicted molar refractivity (Wildman–Crippen MR) is 94.4 cm³/mol. The normalized spacial score (nSPS) is 10.1. The van der Waals surface area contributed by atoms with Crippen LogP contribution >= 0.6 is 11.3 Å². The van der Waals surface area contributed by atoms with Crippen molar-refractivity contribution in [3.05, 3.63) is 71.2 Å². The van der Waals surface area contributed by atoms with Gasteiger partial charge in [-0.25, -0.2) is 9.78 Å². The zero-order chi connectivity index (χ0) is 17.6. The Morgan fingerprint density at radius 2 is 1.68 bits per heavy atom. The highest BCUT2D eigenvalue weighted by molar-refractivity contribution is 7.11. The van der Waals surface area contributed by atoms with E-state index in [-0.39, 0.29) is 5.91 Å². The molecule has 1 N–H and O–H groups in total. The highest BCUT2D eigenvalue weighted by atomic mass is 32.1. The van der Waals surface area contributed by atoms with Gasteiger partial charge in [0.15, 0.2) is 0 Å². The van der Waals surface area contributed by atoms with Crippen molar-refractivity contribution in [2.24, 2.45) is 0 Å². The summed E-state index contributed by atoms with van der Waals surface area (Å²) in [5.41, 5.74) is 1.49. The van der Waals surface area contributed by atoms with Crippen LogP contribution in [0, 0.1) is 0 Å². The number of ether oxygens (including phenoxy) is 2. The van der Waals surface area contributed by atoms with Gasteiger partial charge in [0, 0.05) is 22.8 Å². The molecule has 0 saturated heterocycles. The Bertz CT molecular complexity index is 859. The Labute approximate surface area is 148 Å². The topological polar surface area (TPSA) is 77.5 Å². The number of carbonyl (C=O) groups is 2. The number of nitrogens with zero attached hydrogens (tertiary/aromatic N) is 1. The molecule has 7 heteroatoms. The predicted octanol–water partition coefficient (Wildman–Crippen LogP) is 3.97. The third kappa shape index (κ3) is 4.21. The Morgan fingerprint density at radius 3 is 2.28 bits per heavy atom. The number of carbonyl (C=O) groups excluding carboxylic acids is 2. The average molecular weight is 354 g/mol. The van der Waals surface area contributed by atoms with E-state index in [1.165, 1.54) is 18.4 Å². The Hall–Kier alpha value is -3.19. The van der Waals surface area contributed by atoms with Crippen molar-refractivity contribution < 1.29 is 19.1 Å². The monoisotopic (exact) mass is 354 g/mol. The number of nitrogens with one attached hydrogen (secondary N) is 1.